The number of aliphatic carboxylic acids is 1. The summed E-state index contributed by atoms with van der Waals surface area (Å²) in [5.74, 6) is 0.586. The number of hydrogen-bond donors (Lipinski definition) is 3. The van der Waals surface area contributed by atoms with Crippen molar-refractivity contribution in [3.05, 3.63) is 41.9 Å². The highest BCUT2D eigenvalue weighted by atomic mass is 32.2. The van der Waals surface area contributed by atoms with Crippen molar-refractivity contribution < 1.29 is 14.7 Å². The first-order chi connectivity index (χ1) is 17.0. The van der Waals surface area contributed by atoms with E-state index >= 15 is 0 Å². The molecule has 3 N–H and O–H groups in total. The van der Waals surface area contributed by atoms with E-state index in [1.165, 1.54) is 63.2 Å². The van der Waals surface area contributed by atoms with Crippen LogP contribution in [-0.4, -0.2) is 46.1 Å². The van der Waals surface area contributed by atoms with E-state index in [0.717, 1.165) is 34.4 Å². The topological polar surface area (TPSA) is 107 Å². The van der Waals surface area contributed by atoms with Crippen molar-refractivity contribution in [2.45, 2.75) is 75.6 Å². The van der Waals surface area contributed by atoms with Gasteiger partial charge in [-0.05, 0) is 80.7 Å². The van der Waals surface area contributed by atoms with Crippen LogP contribution in [0.2, 0.25) is 0 Å². The molecule has 188 valence electrons. The van der Waals surface area contributed by atoms with Gasteiger partial charge in [0.1, 0.15) is 17.8 Å². The zero-order chi connectivity index (χ0) is 24.6. The molecule has 1 aromatic heterocycles. The quantitative estimate of drug-likeness (QED) is 0.276. The molecule has 1 aromatic carbocycles. The van der Waals surface area contributed by atoms with Gasteiger partial charge >= 0.3 is 5.97 Å². The molecule has 1 amide bonds. The Morgan fingerprint density at radius 2 is 1.91 bits per heavy atom. The van der Waals surface area contributed by atoms with Crippen molar-refractivity contribution in [1.29, 1.82) is 0 Å². The van der Waals surface area contributed by atoms with E-state index in [0.29, 0.717) is 24.7 Å². The molecule has 4 rings (SSSR count). The number of carboxylic acids is 1. The summed E-state index contributed by atoms with van der Waals surface area (Å²) in [5.41, 5.74) is 2.07. The molecule has 0 saturated heterocycles. The zero-order valence-corrected chi connectivity index (χ0v) is 21.1. The van der Waals surface area contributed by atoms with Crippen LogP contribution in [-0.2, 0) is 4.79 Å². The lowest BCUT2D eigenvalue weighted by atomic mass is 9.94. The lowest BCUT2D eigenvalue weighted by Crippen LogP contribution is -2.39. The third kappa shape index (κ3) is 7.67. The summed E-state index contributed by atoms with van der Waals surface area (Å²) in [7, 11) is 0. The molecule has 0 spiro atoms. The van der Waals surface area contributed by atoms with Gasteiger partial charge in [-0.2, -0.15) is 0 Å². The fraction of sp³-hybridized carbons (Fsp3) is 0.538. The fourth-order valence-corrected chi connectivity index (χ4v) is 5.29. The summed E-state index contributed by atoms with van der Waals surface area (Å²) >= 11 is 1.46. The SMILES string of the molecule is Cc1cc(SNCCCC(=O)O)ccc1NC(=O)c1cc(N(CC2CC2)C2CCCCC2)ncn1. The fourth-order valence-electron chi connectivity index (χ4n) is 4.50. The maximum absolute atomic E-state index is 13.1. The summed E-state index contributed by atoms with van der Waals surface area (Å²) < 4.78 is 3.18. The van der Waals surface area contributed by atoms with Crippen molar-refractivity contribution in [3.63, 3.8) is 0 Å². The average molecular weight is 498 g/mol. The third-order valence-electron chi connectivity index (χ3n) is 6.65. The normalized spacial score (nSPS) is 16.1. The largest absolute Gasteiger partial charge is 0.481 e. The van der Waals surface area contributed by atoms with Gasteiger partial charge in [-0.25, -0.2) is 9.97 Å². The first-order valence-electron chi connectivity index (χ1n) is 12.6. The molecule has 0 bridgehead atoms. The van der Waals surface area contributed by atoms with Crippen LogP contribution in [0, 0.1) is 12.8 Å². The van der Waals surface area contributed by atoms with Crippen molar-refractivity contribution in [1.82, 2.24) is 14.7 Å². The summed E-state index contributed by atoms with van der Waals surface area (Å²) in [5, 5.41) is 11.7. The first kappa shape index (κ1) is 25.4. The molecule has 1 heterocycles. The van der Waals surface area contributed by atoms with Crippen molar-refractivity contribution in [3.8, 4) is 0 Å². The smallest absolute Gasteiger partial charge is 0.303 e. The number of nitrogens with zero attached hydrogens (tertiary/aromatic N) is 3. The maximum atomic E-state index is 13.1. The van der Waals surface area contributed by atoms with Crippen molar-refractivity contribution in [2.75, 3.05) is 23.3 Å². The van der Waals surface area contributed by atoms with E-state index in [1.807, 2.05) is 31.2 Å². The lowest BCUT2D eigenvalue weighted by Gasteiger charge is -2.35. The van der Waals surface area contributed by atoms with Crippen LogP contribution in [0.15, 0.2) is 35.5 Å². The maximum Gasteiger partial charge on any atom is 0.303 e. The van der Waals surface area contributed by atoms with Gasteiger partial charge in [0.2, 0.25) is 0 Å². The van der Waals surface area contributed by atoms with Gasteiger partial charge in [0.05, 0.1) is 0 Å². The molecule has 9 heteroatoms. The zero-order valence-electron chi connectivity index (χ0n) is 20.3. The monoisotopic (exact) mass is 497 g/mol. The number of carbonyl (C=O) groups excluding carboxylic acids is 1. The second-order valence-electron chi connectivity index (χ2n) is 9.57. The number of anilines is 2. The van der Waals surface area contributed by atoms with Gasteiger partial charge in [-0.3, -0.25) is 14.3 Å². The van der Waals surface area contributed by atoms with E-state index in [1.54, 1.807) is 0 Å². The number of aryl methyl sites for hydroxylation is 1. The Hall–Kier alpha value is -2.65. The van der Waals surface area contributed by atoms with Gasteiger partial charge in [0.15, 0.2) is 0 Å². The standard InChI is InChI=1S/C26H35N5O3S/c1-18-14-21(35-29-13-5-8-25(32)33)11-12-22(18)30-26(34)23-15-24(28-17-27-23)31(16-19-9-10-19)20-6-3-2-4-7-20/h11-12,14-15,17,19-20,29H,2-10,13,16H2,1H3,(H,30,34)(H,32,33). The molecule has 0 radical (unpaired) electrons. The predicted molar refractivity (Wildman–Crippen MR) is 139 cm³/mol. The van der Waals surface area contributed by atoms with Crippen LogP contribution in [0.25, 0.3) is 0 Å². The molecule has 35 heavy (non-hydrogen) atoms. The first-order valence-corrected chi connectivity index (χ1v) is 13.4. The van der Waals surface area contributed by atoms with Gasteiger partial charge in [0, 0.05) is 42.2 Å². The second kappa shape index (κ2) is 12.4. The number of rotatable bonds is 12. The van der Waals surface area contributed by atoms with E-state index < -0.39 is 5.97 Å². The van der Waals surface area contributed by atoms with Crippen LogP contribution < -0.4 is 14.9 Å². The molecule has 2 saturated carbocycles. The van der Waals surface area contributed by atoms with Gasteiger partial charge in [0.25, 0.3) is 5.91 Å². The molecule has 8 nitrogen and oxygen atoms in total. The highest BCUT2D eigenvalue weighted by molar-refractivity contribution is 7.97. The van der Waals surface area contributed by atoms with Crippen LogP contribution in [0.5, 0.6) is 0 Å². The summed E-state index contributed by atoms with van der Waals surface area (Å²) in [6, 6.07) is 8.16. The van der Waals surface area contributed by atoms with E-state index in [-0.39, 0.29) is 12.3 Å². The molecule has 0 atom stereocenters. The van der Waals surface area contributed by atoms with Crippen LogP contribution in [0.4, 0.5) is 11.5 Å². The minimum atomic E-state index is -0.784. The van der Waals surface area contributed by atoms with Crippen LogP contribution in [0.3, 0.4) is 0 Å². The summed E-state index contributed by atoms with van der Waals surface area (Å²) in [6.45, 7) is 3.59. The van der Waals surface area contributed by atoms with Gasteiger partial charge in [-0.1, -0.05) is 19.3 Å². The Kier molecular flexibility index (Phi) is 8.98. The number of amides is 1. The minimum Gasteiger partial charge on any atom is -0.481 e. The van der Waals surface area contributed by atoms with Crippen LogP contribution >= 0.6 is 11.9 Å². The second-order valence-corrected chi connectivity index (χ2v) is 10.5. The van der Waals surface area contributed by atoms with E-state index in [9.17, 15) is 9.59 Å². The molecule has 2 fully saturated rings. The van der Waals surface area contributed by atoms with Crippen molar-refractivity contribution >= 4 is 35.3 Å². The number of hydrogen-bond acceptors (Lipinski definition) is 7. The molecule has 2 aromatic rings. The van der Waals surface area contributed by atoms with E-state index in [4.69, 9.17) is 5.11 Å². The highest BCUT2D eigenvalue weighted by Gasteiger charge is 2.30. The molecular weight excluding hydrogens is 462 g/mol. The lowest BCUT2D eigenvalue weighted by molar-refractivity contribution is -0.137. The summed E-state index contributed by atoms with van der Waals surface area (Å²) in [4.78, 5) is 35.9. The number of aromatic nitrogens is 2. The Morgan fingerprint density at radius 1 is 1.11 bits per heavy atom. The van der Waals surface area contributed by atoms with Gasteiger partial charge in [-0.15, -0.1) is 0 Å². The minimum absolute atomic E-state index is 0.154. The Bertz CT molecular complexity index is 1020. The third-order valence-corrected chi connectivity index (χ3v) is 7.49. The molecule has 2 aliphatic rings. The van der Waals surface area contributed by atoms with Crippen LogP contribution in [0.1, 0.15) is 73.8 Å². The number of carbonyl (C=O) groups is 2. The van der Waals surface area contributed by atoms with Crippen molar-refractivity contribution in [2.24, 2.45) is 5.92 Å². The summed E-state index contributed by atoms with van der Waals surface area (Å²) in [6.07, 6.45) is 11.0. The number of benzene rings is 1. The van der Waals surface area contributed by atoms with Gasteiger partial charge < -0.3 is 15.3 Å². The average Bonchev–Trinajstić information content (AvgIpc) is 3.68. The molecule has 2 aliphatic carbocycles. The molecule has 0 aliphatic heterocycles. The highest BCUT2D eigenvalue weighted by Crippen LogP contribution is 2.34. The number of carboxylic acid groups (broad SMARTS) is 1. The predicted octanol–water partition coefficient (Wildman–Crippen LogP) is 5.05. The Labute approximate surface area is 211 Å². The number of nitrogens with one attached hydrogen (secondary N) is 2. The van der Waals surface area contributed by atoms with E-state index in [2.05, 4.69) is 24.9 Å². The molecule has 0 unspecified atom stereocenters. The molecular formula is C26H35N5O3S. The Morgan fingerprint density at radius 3 is 2.63 bits per heavy atom. The Balaban J connectivity index is 1.37.